The number of unbranched alkanes of at least 4 members (excludes halogenated alkanes) is 1. The van der Waals surface area contributed by atoms with Crippen molar-refractivity contribution >= 4 is 28.6 Å². The van der Waals surface area contributed by atoms with Gasteiger partial charge in [-0.1, -0.05) is 23.4 Å². The topological polar surface area (TPSA) is 99.1 Å². The third-order valence-electron chi connectivity index (χ3n) is 4.44. The largest absolute Gasteiger partial charge is 0.496 e. The molecule has 0 fully saturated rings. The van der Waals surface area contributed by atoms with E-state index in [1.54, 1.807) is 13.3 Å². The molecule has 0 radical (unpaired) electrons. The number of aliphatic hydroxyl groups excluding tert-OH is 1. The number of nitrogens with two attached hydrogens (primary N) is 1. The molecule has 0 aliphatic carbocycles. The first-order chi connectivity index (χ1) is 13.5. The van der Waals surface area contributed by atoms with Crippen molar-refractivity contribution in [1.29, 1.82) is 0 Å². The van der Waals surface area contributed by atoms with E-state index >= 15 is 0 Å². The monoisotopic (exact) mass is 399 g/mol. The van der Waals surface area contributed by atoms with Crippen LogP contribution < -0.4 is 10.5 Å². The predicted molar refractivity (Wildman–Crippen MR) is 110 cm³/mol. The van der Waals surface area contributed by atoms with Crippen molar-refractivity contribution in [2.45, 2.75) is 33.2 Å². The molecular weight excluding hydrogens is 378 g/mol. The Kier molecular flexibility index (Phi) is 6.02. The molecule has 0 saturated heterocycles. The molecule has 0 unspecified atom stereocenters. The molecule has 28 heavy (non-hydrogen) atoms. The molecule has 0 aliphatic rings. The lowest BCUT2D eigenvalue weighted by atomic mass is 10.1. The number of fused-ring (bicyclic) bond motifs is 1. The van der Waals surface area contributed by atoms with E-state index in [1.807, 2.05) is 24.6 Å². The number of methoxy groups -OCH3 is 1. The molecule has 0 aromatic carbocycles. The average Bonchev–Trinajstić information content (AvgIpc) is 2.99. The second-order valence-corrected chi connectivity index (χ2v) is 6.78. The van der Waals surface area contributed by atoms with Gasteiger partial charge in [-0.2, -0.15) is 4.98 Å². The van der Waals surface area contributed by atoms with Crippen molar-refractivity contribution in [3.8, 4) is 17.6 Å². The Labute approximate surface area is 168 Å². The molecule has 3 N–H and O–H groups in total. The Morgan fingerprint density at radius 3 is 2.82 bits per heavy atom. The van der Waals surface area contributed by atoms with Gasteiger partial charge >= 0.3 is 0 Å². The number of hydrogen-bond donors (Lipinski definition) is 2. The van der Waals surface area contributed by atoms with Crippen LogP contribution in [-0.4, -0.2) is 38.3 Å². The highest BCUT2D eigenvalue weighted by atomic mass is 35.5. The fraction of sp³-hybridized carbons (Fsp3) is 0.350. The van der Waals surface area contributed by atoms with Gasteiger partial charge in [0.05, 0.1) is 30.3 Å². The predicted octanol–water partition coefficient (Wildman–Crippen LogP) is 2.86. The van der Waals surface area contributed by atoms with E-state index in [0.717, 1.165) is 28.1 Å². The van der Waals surface area contributed by atoms with Gasteiger partial charge in [0.2, 0.25) is 5.95 Å². The van der Waals surface area contributed by atoms with Crippen LogP contribution in [0.3, 0.4) is 0 Å². The van der Waals surface area contributed by atoms with Crippen LogP contribution in [0.1, 0.15) is 35.2 Å². The molecule has 146 valence electrons. The van der Waals surface area contributed by atoms with Crippen LogP contribution in [-0.2, 0) is 6.54 Å². The Bertz CT molecular complexity index is 1080. The minimum atomic E-state index is 0.0998. The Morgan fingerprint density at radius 1 is 1.32 bits per heavy atom. The van der Waals surface area contributed by atoms with E-state index in [2.05, 4.69) is 26.8 Å². The minimum absolute atomic E-state index is 0.0998. The molecule has 0 aliphatic heterocycles. The summed E-state index contributed by atoms with van der Waals surface area (Å²) >= 11 is 6.34. The van der Waals surface area contributed by atoms with E-state index in [-0.39, 0.29) is 17.7 Å². The fourth-order valence-corrected chi connectivity index (χ4v) is 3.36. The first-order valence-corrected chi connectivity index (χ1v) is 9.24. The number of rotatable bonds is 5. The van der Waals surface area contributed by atoms with Crippen molar-refractivity contribution in [3.63, 3.8) is 0 Å². The van der Waals surface area contributed by atoms with E-state index < -0.39 is 0 Å². The maximum Gasteiger partial charge on any atom is 0.223 e. The molecule has 8 heteroatoms. The summed E-state index contributed by atoms with van der Waals surface area (Å²) in [6.07, 6.45) is 4.88. The van der Waals surface area contributed by atoms with Gasteiger partial charge in [0, 0.05) is 36.5 Å². The van der Waals surface area contributed by atoms with Gasteiger partial charge in [0.15, 0.2) is 0 Å². The lowest BCUT2D eigenvalue weighted by Crippen LogP contribution is -2.07. The third kappa shape index (κ3) is 3.88. The molecule has 3 rings (SSSR count). The quantitative estimate of drug-likeness (QED) is 0.389. The standard InChI is InChI=1S/C20H22ClN5O2/c1-12-9-23-15(13(2)17(12)28-3)11-26-10-14(7-5-4-6-8-27)16-18(21)24-20(22)25-19(16)26/h9-10,27H,4,6,8,11H2,1-3H3,(H2,22,24,25). The maximum absolute atomic E-state index is 8.92. The zero-order valence-corrected chi connectivity index (χ0v) is 16.8. The molecular formula is C20H22ClN5O2. The summed E-state index contributed by atoms with van der Waals surface area (Å²) in [5.74, 6) is 7.07. The van der Waals surface area contributed by atoms with E-state index in [4.69, 9.17) is 27.2 Å². The molecule has 0 spiro atoms. The van der Waals surface area contributed by atoms with Crippen LogP contribution in [0.15, 0.2) is 12.4 Å². The maximum atomic E-state index is 8.92. The first-order valence-electron chi connectivity index (χ1n) is 8.86. The number of ether oxygens (including phenoxy) is 1. The minimum Gasteiger partial charge on any atom is -0.496 e. The van der Waals surface area contributed by atoms with Crippen molar-refractivity contribution in [1.82, 2.24) is 19.5 Å². The fourth-order valence-electron chi connectivity index (χ4n) is 3.09. The van der Waals surface area contributed by atoms with Gasteiger partial charge in [-0.3, -0.25) is 4.98 Å². The third-order valence-corrected chi connectivity index (χ3v) is 4.72. The van der Waals surface area contributed by atoms with Gasteiger partial charge in [-0.25, -0.2) is 4.98 Å². The number of nitrogens with zero attached hydrogens (tertiary/aromatic N) is 4. The molecule has 3 aromatic heterocycles. The summed E-state index contributed by atoms with van der Waals surface area (Å²) in [6, 6.07) is 0. The molecule has 3 aromatic rings. The van der Waals surface area contributed by atoms with E-state index in [0.29, 0.717) is 30.4 Å². The number of aliphatic hydroxyl groups is 1. The molecule has 0 bridgehead atoms. The van der Waals surface area contributed by atoms with Crippen molar-refractivity contribution < 1.29 is 9.84 Å². The molecule has 0 saturated carbocycles. The number of nitrogen functional groups attached to an aromatic ring is 1. The molecule has 7 nitrogen and oxygen atoms in total. The van der Waals surface area contributed by atoms with Crippen LogP contribution >= 0.6 is 11.6 Å². The van der Waals surface area contributed by atoms with Gasteiger partial charge in [0.1, 0.15) is 16.5 Å². The summed E-state index contributed by atoms with van der Waals surface area (Å²) in [6.45, 7) is 4.51. The number of aryl methyl sites for hydroxylation is 1. The van der Waals surface area contributed by atoms with Crippen LogP contribution in [0.25, 0.3) is 11.0 Å². The average molecular weight is 400 g/mol. The number of pyridine rings is 1. The normalized spacial score (nSPS) is 10.8. The second-order valence-electron chi connectivity index (χ2n) is 6.42. The van der Waals surface area contributed by atoms with Gasteiger partial charge in [0.25, 0.3) is 0 Å². The summed E-state index contributed by atoms with van der Waals surface area (Å²) in [5.41, 5.74) is 9.93. The van der Waals surface area contributed by atoms with Crippen molar-refractivity contribution in [2.75, 3.05) is 19.5 Å². The van der Waals surface area contributed by atoms with E-state index in [9.17, 15) is 0 Å². The highest BCUT2D eigenvalue weighted by molar-refractivity contribution is 6.34. The second kappa shape index (κ2) is 8.46. The smallest absolute Gasteiger partial charge is 0.223 e. The summed E-state index contributed by atoms with van der Waals surface area (Å²) in [4.78, 5) is 13.0. The van der Waals surface area contributed by atoms with Gasteiger partial charge < -0.3 is 20.1 Å². The van der Waals surface area contributed by atoms with Crippen LogP contribution in [0.4, 0.5) is 5.95 Å². The Morgan fingerprint density at radius 2 is 2.11 bits per heavy atom. The molecule has 3 heterocycles. The van der Waals surface area contributed by atoms with Crippen LogP contribution in [0, 0.1) is 25.7 Å². The Hall–Kier alpha value is -2.82. The summed E-state index contributed by atoms with van der Waals surface area (Å²) < 4.78 is 7.42. The lowest BCUT2D eigenvalue weighted by molar-refractivity contribution is 0.290. The molecule has 0 amide bonds. The van der Waals surface area contributed by atoms with Crippen LogP contribution in [0.5, 0.6) is 5.75 Å². The summed E-state index contributed by atoms with van der Waals surface area (Å²) in [5, 5.41) is 9.84. The number of halogens is 1. The number of hydrogen-bond acceptors (Lipinski definition) is 6. The molecule has 0 atom stereocenters. The van der Waals surface area contributed by atoms with Crippen LogP contribution in [0.2, 0.25) is 5.15 Å². The van der Waals surface area contributed by atoms with Gasteiger partial charge in [-0.05, 0) is 20.3 Å². The Balaban J connectivity index is 2.10. The zero-order chi connectivity index (χ0) is 20.3. The first kappa shape index (κ1) is 19.9. The van der Waals surface area contributed by atoms with Crippen molar-refractivity contribution in [3.05, 3.63) is 39.9 Å². The SMILES string of the molecule is COc1c(C)cnc(Cn2cc(C#CCCCO)c3c(Cl)nc(N)nc32)c1C. The van der Waals surface area contributed by atoms with Gasteiger partial charge in [-0.15, -0.1) is 0 Å². The van der Waals surface area contributed by atoms with Crippen molar-refractivity contribution in [2.24, 2.45) is 0 Å². The number of anilines is 1. The highest BCUT2D eigenvalue weighted by Crippen LogP contribution is 2.29. The zero-order valence-electron chi connectivity index (χ0n) is 16.1. The summed E-state index contributed by atoms with van der Waals surface area (Å²) in [7, 11) is 1.65. The number of aromatic nitrogens is 4. The lowest BCUT2D eigenvalue weighted by Gasteiger charge is -2.13. The van der Waals surface area contributed by atoms with E-state index in [1.165, 1.54) is 0 Å². The highest BCUT2D eigenvalue weighted by Gasteiger charge is 2.17.